The first-order valence-corrected chi connectivity index (χ1v) is 5.35. The van der Waals surface area contributed by atoms with Crippen molar-refractivity contribution in [2.75, 3.05) is 19.7 Å². The quantitative estimate of drug-likeness (QED) is 0.585. The second-order valence-electron chi connectivity index (χ2n) is 3.43. The van der Waals surface area contributed by atoms with Gasteiger partial charge in [0.25, 0.3) is 0 Å². The molecule has 0 saturated carbocycles. The zero-order valence-electron chi connectivity index (χ0n) is 9.88. The topological polar surface area (TPSA) is 50.4 Å². The second kappa shape index (κ2) is 8.44. The van der Waals surface area contributed by atoms with E-state index in [0.29, 0.717) is 19.7 Å². The Bertz CT molecular complexity index is 195. The predicted molar refractivity (Wildman–Crippen MR) is 61.8 cm³/mol. The van der Waals surface area contributed by atoms with E-state index in [-0.39, 0.29) is 18.1 Å². The van der Waals surface area contributed by atoms with E-state index >= 15 is 0 Å². The van der Waals surface area contributed by atoms with Crippen LogP contribution in [-0.4, -0.2) is 37.7 Å². The largest absolute Gasteiger partial charge is 0.377 e. The van der Waals surface area contributed by atoms with Crippen molar-refractivity contribution in [2.45, 2.75) is 32.9 Å². The minimum absolute atomic E-state index is 0.0152. The molecule has 2 atom stereocenters. The van der Waals surface area contributed by atoms with Gasteiger partial charge in [-0.3, -0.25) is 4.79 Å². The van der Waals surface area contributed by atoms with Crippen LogP contribution in [0.5, 0.6) is 0 Å². The Balaban J connectivity index is 3.67. The molecule has 0 radical (unpaired) electrons. The molecule has 0 aliphatic carbocycles. The van der Waals surface area contributed by atoms with Gasteiger partial charge in [0.15, 0.2) is 0 Å². The van der Waals surface area contributed by atoms with Gasteiger partial charge < -0.3 is 15.4 Å². The van der Waals surface area contributed by atoms with Crippen LogP contribution in [0.3, 0.4) is 0 Å². The molecule has 0 aromatic heterocycles. The van der Waals surface area contributed by atoms with Crippen LogP contribution in [0.15, 0.2) is 12.7 Å². The van der Waals surface area contributed by atoms with Crippen molar-refractivity contribution in [3.63, 3.8) is 0 Å². The molecule has 0 aromatic rings. The van der Waals surface area contributed by atoms with Gasteiger partial charge in [-0.1, -0.05) is 6.08 Å². The maximum Gasteiger partial charge on any atom is 0.237 e. The molecular weight excluding hydrogens is 192 g/mol. The first-order chi connectivity index (χ1) is 7.11. The van der Waals surface area contributed by atoms with Gasteiger partial charge in [0.2, 0.25) is 5.91 Å². The lowest BCUT2D eigenvalue weighted by Crippen LogP contribution is -2.44. The molecule has 1 amide bonds. The monoisotopic (exact) mass is 214 g/mol. The normalized spacial score (nSPS) is 14.3. The fourth-order valence-electron chi connectivity index (χ4n) is 1.10. The minimum atomic E-state index is -0.201. The number of rotatable bonds is 8. The van der Waals surface area contributed by atoms with Crippen LogP contribution in [0.1, 0.15) is 20.8 Å². The standard InChI is InChI=1S/C11H22N2O2/c1-5-7-12-11(14)10(4)13-8-9(3)15-6-2/h5,9-10,13H,1,6-8H2,2-4H3,(H,12,14). The maximum absolute atomic E-state index is 11.4. The third kappa shape index (κ3) is 7.11. The van der Waals surface area contributed by atoms with Gasteiger partial charge in [-0.15, -0.1) is 6.58 Å². The van der Waals surface area contributed by atoms with Gasteiger partial charge in [-0.25, -0.2) is 0 Å². The Hall–Kier alpha value is -0.870. The summed E-state index contributed by atoms with van der Waals surface area (Å²) >= 11 is 0. The van der Waals surface area contributed by atoms with E-state index in [4.69, 9.17) is 4.74 Å². The van der Waals surface area contributed by atoms with E-state index in [0.717, 1.165) is 0 Å². The Labute approximate surface area is 92.1 Å². The first kappa shape index (κ1) is 14.1. The minimum Gasteiger partial charge on any atom is -0.377 e. The highest BCUT2D eigenvalue weighted by atomic mass is 16.5. The summed E-state index contributed by atoms with van der Waals surface area (Å²) in [5, 5.41) is 5.83. The van der Waals surface area contributed by atoms with Gasteiger partial charge in [0.1, 0.15) is 0 Å². The van der Waals surface area contributed by atoms with Crippen LogP contribution in [0, 0.1) is 0 Å². The van der Waals surface area contributed by atoms with E-state index < -0.39 is 0 Å². The summed E-state index contributed by atoms with van der Waals surface area (Å²) in [4.78, 5) is 11.4. The molecule has 2 unspecified atom stereocenters. The summed E-state index contributed by atoms with van der Waals surface area (Å²) in [6, 6.07) is -0.201. The van der Waals surface area contributed by atoms with Crippen molar-refractivity contribution < 1.29 is 9.53 Å². The summed E-state index contributed by atoms with van der Waals surface area (Å²) in [5.41, 5.74) is 0. The summed E-state index contributed by atoms with van der Waals surface area (Å²) < 4.78 is 5.34. The van der Waals surface area contributed by atoms with E-state index in [1.165, 1.54) is 0 Å². The van der Waals surface area contributed by atoms with Gasteiger partial charge in [-0.2, -0.15) is 0 Å². The van der Waals surface area contributed by atoms with Gasteiger partial charge >= 0.3 is 0 Å². The average molecular weight is 214 g/mol. The summed E-state index contributed by atoms with van der Waals surface area (Å²) in [5.74, 6) is -0.0152. The van der Waals surface area contributed by atoms with Crippen molar-refractivity contribution in [2.24, 2.45) is 0 Å². The first-order valence-electron chi connectivity index (χ1n) is 5.35. The number of ether oxygens (including phenoxy) is 1. The number of carbonyl (C=O) groups excluding carboxylic acids is 1. The zero-order chi connectivity index (χ0) is 11.7. The molecule has 0 bridgehead atoms. The van der Waals surface area contributed by atoms with E-state index in [2.05, 4.69) is 17.2 Å². The number of hydrogen-bond acceptors (Lipinski definition) is 3. The summed E-state index contributed by atoms with van der Waals surface area (Å²) in [7, 11) is 0. The Kier molecular flexibility index (Phi) is 7.95. The van der Waals surface area contributed by atoms with E-state index in [1.807, 2.05) is 20.8 Å². The van der Waals surface area contributed by atoms with Crippen LogP contribution in [0.25, 0.3) is 0 Å². The molecule has 4 nitrogen and oxygen atoms in total. The van der Waals surface area contributed by atoms with Gasteiger partial charge in [0.05, 0.1) is 12.1 Å². The highest BCUT2D eigenvalue weighted by Gasteiger charge is 2.12. The van der Waals surface area contributed by atoms with Crippen molar-refractivity contribution in [3.05, 3.63) is 12.7 Å². The van der Waals surface area contributed by atoms with Crippen LogP contribution in [-0.2, 0) is 9.53 Å². The molecule has 88 valence electrons. The maximum atomic E-state index is 11.4. The van der Waals surface area contributed by atoms with Crippen molar-refractivity contribution in [1.29, 1.82) is 0 Å². The molecule has 0 aliphatic rings. The summed E-state index contributed by atoms with van der Waals surface area (Å²) in [6.45, 7) is 11.2. The van der Waals surface area contributed by atoms with E-state index in [1.54, 1.807) is 6.08 Å². The van der Waals surface area contributed by atoms with Gasteiger partial charge in [0, 0.05) is 19.7 Å². The lowest BCUT2D eigenvalue weighted by molar-refractivity contribution is -0.122. The highest BCUT2D eigenvalue weighted by molar-refractivity contribution is 5.81. The second-order valence-corrected chi connectivity index (χ2v) is 3.43. The molecule has 15 heavy (non-hydrogen) atoms. The van der Waals surface area contributed by atoms with E-state index in [9.17, 15) is 4.79 Å². The molecule has 0 heterocycles. The number of hydrogen-bond donors (Lipinski definition) is 2. The Morgan fingerprint density at radius 3 is 2.73 bits per heavy atom. The van der Waals surface area contributed by atoms with Crippen LogP contribution in [0.2, 0.25) is 0 Å². The molecule has 0 spiro atoms. The third-order valence-corrected chi connectivity index (χ3v) is 1.98. The fraction of sp³-hybridized carbons (Fsp3) is 0.727. The lowest BCUT2D eigenvalue weighted by Gasteiger charge is -2.17. The van der Waals surface area contributed by atoms with Crippen LogP contribution >= 0.6 is 0 Å². The van der Waals surface area contributed by atoms with Crippen molar-refractivity contribution in [1.82, 2.24) is 10.6 Å². The molecule has 0 rings (SSSR count). The smallest absolute Gasteiger partial charge is 0.237 e. The SMILES string of the molecule is C=CCNC(=O)C(C)NCC(C)OCC. The lowest BCUT2D eigenvalue weighted by atomic mass is 10.3. The van der Waals surface area contributed by atoms with Crippen molar-refractivity contribution >= 4 is 5.91 Å². The molecule has 0 fully saturated rings. The number of carbonyl (C=O) groups is 1. The zero-order valence-corrected chi connectivity index (χ0v) is 9.88. The molecule has 4 heteroatoms. The molecule has 0 saturated heterocycles. The van der Waals surface area contributed by atoms with Gasteiger partial charge in [-0.05, 0) is 20.8 Å². The third-order valence-electron chi connectivity index (χ3n) is 1.98. The summed E-state index contributed by atoms with van der Waals surface area (Å²) in [6.07, 6.45) is 1.79. The molecule has 0 aliphatic heterocycles. The average Bonchev–Trinajstić information content (AvgIpc) is 2.22. The molecular formula is C11H22N2O2. The van der Waals surface area contributed by atoms with Crippen LogP contribution < -0.4 is 10.6 Å². The predicted octanol–water partition coefficient (Wildman–Crippen LogP) is 0.692. The highest BCUT2D eigenvalue weighted by Crippen LogP contribution is 1.89. The molecule has 2 N–H and O–H groups in total. The molecule has 0 aromatic carbocycles. The Morgan fingerprint density at radius 1 is 1.53 bits per heavy atom. The fourth-order valence-corrected chi connectivity index (χ4v) is 1.10. The number of amides is 1. The van der Waals surface area contributed by atoms with Crippen molar-refractivity contribution in [3.8, 4) is 0 Å². The number of nitrogens with one attached hydrogen (secondary N) is 2. The van der Waals surface area contributed by atoms with Crippen LogP contribution in [0.4, 0.5) is 0 Å². The Morgan fingerprint density at radius 2 is 2.20 bits per heavy atom.